The molecule has 0 spiro atoms. The number of halogens is 1. The van der Waals surface area contributed by atoms with Crippen LogP contribution >= 0.6 is 23.8 Å². The highest BCUT2D eigenvalue weighted by Gasteiger charge is 2.23. The van der Waals surface area contributed by atoms with Crippen LogP contribution in [0.4, 0.5) is 11.8 Å². The van der Waals surface area contributed by atoms with Crippen LogP contribution in [0.15, 0.2) is 36.4 Å². The van der Waals surface area contributed by atoms with Crippen molar-refractivity contribution in [1.82, 2.24) is 15.3 Å². The number of nitrogens with one attached hydrogen (secondary N) is 2. The Labute approximate surface area is 171 Å². The van der Waals surface area contributed by atoms with E-state index in [1.165, 1.54) is 6.42 Å². The van der Waals surface area contributed by atoms with Crippen molar-refractivity contribution in [3.05, 3.63) is 47.1 Å². The maximum atomic E-state index is 6.25. The predicted molar refractivity (Wildman–Crippen MR) is 116 cm³/mol. The second-order valence-electron chi connectivity index (χ2n) is 7.45. The minimum Gasteiger partial charge on any atom is -0.356 e. The molecule has 1 aliphatic rings. The average Bonchev–Trinajstić information content (AvgIpc) is 2.61. The number of piperidine rings is 1. The van der Waals surface area contributed by atoms with Gasteiger partial charge in [0.05, 0.1) is 6.04 Å². The van der Waals surface area contributed by atoms with E-state index < -0.39 is 0 Å². The normalized spacial score (nSPS) is 20.8. The molecule has 1 aromatic carbocycles. The summed E-state index contributed by atoms with van der Waals surface area (Å²) in [7, 11) is 0. The molecule has 0 unspecified atom stereocenters. The van der Waals surface area contributed by atoms with E-state index in [9.17, 15) is 0 Å². The van der Waals surface area contributed by atoms with Crippen molar-refractivity contribution in [2.24, 2.45) is 11.8 Å². The molecular formula is C20H26ClN5S. The third-order valence-corrected chi connectivity index (χ3v) is 5.16. The van der Waals surface area contributed by atoms with Gasteiger partial charge in [-0.05, 0) is 43.0 Å². The third kappa shape index (κ3) is 5.53. The number of hydrogen-bond donors (Lipinski definition) is 2. The standard InChI is InChI=1S/C20H26ClN5S/c1-13-9-14(2)12-26(11-13)18-10-17(21)23-19(24-18)25-20(27)22-15(3)16-7-5-4-6-8-16/h4-8,10,13-15H,9,11-12H2,1-3H3,(H2,22,23,24,25,27)/t13-,14-,15+/m1/s1. The van der Waals surface area contributed by atoms with Gasteiger partial charge in [-0.1, -0.05) is 55.8 Å². The zero-order chi connectivity index (χ0) is 19.4. The fourth-order valence-corrected chi connectivity index (χ4v) is 4.08. The predicted octanol–water partition coefficient (Wildman–Crippen LogP) is 4.66. The third-order valence-electron chi connectivity index (χ3n) is 4.75. The first-order chi connectivity index (χ1) is 12.9. The van der Waals surface area contributed by atoms with Gasteiger partial charge in [0, 0.05) is 19.2 Å². The van der Waals surface area contributed by atoms with Crippen molar-refractivity contribution in [2.75, 3.05) is 23.3 Å². The highest BCUT2D eigenvalue weighted by molar-refractivity contribution is 7.80. The van der Waals surface area contributed by atoms with Gasteiger partial charge in [-0.3, -0.25) is 0 Å². The van der Waals surface area contributed by atoms with Gasteiger partial charge < -0.3 is 15.5 Å². The summed E-state index contributed by atoms with van der Waals surface area (Å²) in [5, 5.41) is 7.21. The number of thiocarbonyl (C=S) groups is 1. The molecule has 1 aliphatic heterocycles. The quantitative estimate of drug-likeness (QED) is 0.572. The molecule has 2 heterocycles. The highest BCUT2D eigenvalue weighted by atomic mass is 35.5. The summed E-state index contributed by atoms with van der Waals surface area (Å²) in [5.74, 6) is 2.53. The van der Waals surface area contributed by atoms with Gasteiger partial charge in [-0.15, -0.1) is 0 Å². The van der Waals surface area contributed by atoms with Crippen LogP contribution in [0, 0.1) is 11.8 Å². The zero-order valence-electron chi connectivity index (χ0n) is 15.9. The molecule has 0 saturated carbocycles. The first kappa shape index (κ1) is 19.8. The van der Waals surface area contributed by atoms with Crippen LogP contribution in [0.25, 0.3) is 0 Å². The van der Waals surface area contributed by atoms with Gasteiger partial charge in [0.25, 0.3) is 0 Å². The van der Waals surface area contributed by atoms with Gasteiger partial charge in [0.2, 0.25) is 5.95 Å². The summed E-state index contributed by atoms with van der Waals surface area (Å²) in [6, 6.07) is 12.0. The smallest absolute Gasteiger partial charge is 0.232 e. The van der Waals surface area contributed by atoms with Crippen LogP contribution in [0.3, 0.4) is 0 Å². The summed E-state index contributed by atoms with van der Waals surface area (Å²) in [4.78, 5) is 11.2. The van der Waals surface area contributed by atoms with E-state index in [2.05, 4.69) is 58.4 Å². The van der Waals surface area contributed by atoms with E-state index in [4.69, 9.17) is 23.8 Å². The summed E-state index contributed by atoms with van der Waals surface area (Å²) in [6.45, 7) is 8.56. The van der Waals surface area contributed by atoms with Gasteiger partial charge in [-0.25, -0.2) is 4.98 Å². The minimum atomic E-state index is 0.0775. The zero-order valence-corrected chi connectivity index (χ0v) is 17.5. The molecule has 27 heavy (non-hydrogen) atoms. The van der Waals surface area contributed by atoms with Crippen molar-refractivity contribution in [3.63, 3.8) is 0 Å². The average molecular weight is 404 g/mol. The monoisotopic (exact) mass is 403 g/mol. The van der Waals surface area contributed by atoms with E-state index >= 15 is 0 Å². The second-order valence-corrected chi connectivity index (χ2v) is 8.25. The first-order valence-corrected chi connectivity index (χ1v) is 10.1. The SMILES string of the molecule is C[C@@H]1C[C@@H](C)CN(c2cc(Cl)nc(NC(=S)N[C@@H](C)c3ccccc3)n2)C1. The Morgan fingerprint density at radius 3 is 2.52 bits per heavy atom. The topological polar surface area (TPSA) is 53.1 Å². The fraction of sp³-hybridized carbons (Fsp3) is 0.450. The van der Waals surface area contributed by atoms with Crippen molar-refractivity contribution in [3.8, 4) is 0 Å². The summed E-state index contributed by atoms with van der Waals surface area (Å²) >= 11 is 11.7. The van der Waals surface area contributed by atoms with Crippen molar-refractivity contribution < 1.29 is 0 Å². The summed E-state index contributed by atoms with van der Waals surface area (Å²) in [6.07, 6.45) is 1.24. The van der Waals surface area contributed by atoms with E-state index in [1.807, 2.05) is 24.3 Å². The maximum Gasteiger partial charge on any atom is 0.232 e. The number of benzene rings is 1. The molecule has 5 nitrogen and oxygen atoms in total. The number of aromatic nitrogens is 2. The molecule has 3 rings (SSSR count). The number of nitrogens with zero attached hydrogens (tertiary/aromatic N) is 3. The number of anilines is 2. The van der Waals surface area contributed by atoms with E-state index in [0.29, 0.717) is 28.0 Å². The molecule has 2 aromatic rings. The largest absolute Gasteiger partial charge is 0.356 e. The minimum absolute atomic E-state index is 0.0775. The molecule has 1 saturated heterocycles. The molecule has 7 heteroatoms. The van der Waals surface area contributed by atoms with Gasteiger partial charge in [0.15, 0.2) is 5.11 Å². The molecule has 1 aromatic heterocycles. The van der Waals surface area contributed by atoms with E-state index in [0.717, 1.165) is 24.5 Å². The van der Waals surface area contributed by atoms with Crippen LogP contribution in [0.1, 0.15) is 38.8 Å². The number of rotatable bonds is 4. The second kappa shape index (κ2) is 8.85. The van der Waals surface area contributed by atoms with Crippen molar-refractivity contribution in [2.45, 2.75) is 33.2 Å². The Balaban J connectivity index is 1.68. The molecule has 3 atom stereocenters. The van der Waals surface area contributed by atoms with E-state index in [-0.39, 0.29) is 6.04 Å². The first-order valence-electron chi connectivity index (χ1n) is 9.32. The maximum absolute atomic E-state index is 6.25. The molecule has 144 valence electrons. The molecule has 0 bridgehead atoms. The van der Waals surface area contributed by atoms with Gasteiger partial charge in [-0.2, -0.15) is 4.98 Å². The Morgan fingerprint density at radius 1 is 1.19 bits per heavy atom. The lowest BCUT2D eigenvalue weighted by molar-refractivity contribution is 0.355. The van der Waals surface area contributed by atoms with Gasteiger partial charge >= 0.3 is 0 Å². The Morgan fingerprint density at radius 2 is 1.85 bits per heavy atom. The van der Waals surface area contributed by atoms with Crippen LogP contribution < -0.4 is 15.5 Å². The van der Waals surface area contributed by atoms with Crippen LogP contribution in [0.2, 0.25) is 5.15 Å². The van der Waals surface area contributed by atoms with Crippen LogP contribution in [0.5, 0.6) is 0 Å². The molecule has 0 radical (unpaired) electrons. The van der Waals surface area contributed by atoms with E-state index in [1.54, 1.807) is 0 Å². The molecule has 2 N–H and O–H groups in total. The fourth-order valence-electron chi connectivity index (χ4n) is 3.63. The van der Waals surface area contributed by atoms with Crippen LogP contribution in [-0.2, 0) is 0 Å². The van der Waals surface area contributed by atoms with Crippen molar-refractivity contribution in [1.29, 1.82) is 0 Å². The van der Waals surface area contributed by atoms with Crippen LogP contribution in [-0.4, -0.2) is 28.2 Å². The Kier molecular flexibility index (Phi) is 6.50. The summed E-state index contributed by atoms with van der Waals surface area (Å²) in [5.41, 5.74) is 1.16. The molecule has 0 aliphatic carbocycles. The van der Waals surface area contributed by atoms with Gasteiger partial charge in [0.1, 0.15) is 11.0 Å². The lowest BCUT2D eigenvalue weighted by Crippen LogP contribution is -2.39. The molecular weight excluding hydrogens is 378 g/mol. The lowest BCUT2D eigenvalue weighted by atomic mass is 9.92. The Bertz CT molecular complexity index is 775. The number of hydrogen-bond acceptors (Lipinski definition) is 4. The lowest BCUT2D eigenvalue weighted by Gasteiger charge is -2.35. The summed E-state index contributed by atoms with van der Waals surface area (Å²) < 4.78 is 0. The Hall–Kier alpha value is -1.92. The van der Waals surface area contributed by atoms with Crippen molar-refractivity contribution >= 4 is 40.7 Å². The highest BCUT2D eigenvalue weighted by Crippen LogP contribution is 2.27. The molecule has 1 fully saturated rings. The molecule has 0 amide bonds.